The molecule has 0 unspecified atom stereocenters. The highest BCUT2D eigenvalue weighted by atomic mass is 32.2. The highest BCUT2D eigenvalue weighted by Gasteiger charge is 2.72. The lowest BCUT2D eigenvalue weighted by molar-refractivity contribution is -0.131. The quantitative estimate of drug-likeness (QED) is 0.834. The van der Waals surface area contributed by atoms with Crippen LogP contribution in [0.3, 0.4) is 0 Å². The molecule has 2 N–H and O–H groups in total. The van der Waals surface area contributed by atoms with E-state index < -0.39 is 22.0 Å². The molecular formula is C15H26N2O3S. The third kappa shape index (κ3) is 1.72. The van der Waals surface area contributed by atoms with E-state index in [-0.39, 0.29) is 28.5 Å². The second kappa shape index (κ2) is 4.22. The first-order valence-electron chi connectivity index (χ1n) is 7.86. The van der Waals surface area contributed by atoms with E-state index in [2.05, 4.69) is 13.8 Å². The Kier molecular flexibility index (Phi) is 3.07. The van der Waals surface area contributed by atoms with Crippen molar-refractivity contribution in [3.63, 3.8) is 0 Å². The minimum absolute atomic E-state index is 0.0122. The highest BCUT2D eigenvalue weighted by Crippen LogP contribution is 2.69. The number of hydrogen-bond acceptors (Lipinski definition) is 4. The molecule has 0 aromatic rings. The predicted octanol–water partition coefficient (Wildman–Crippen LogP) is 1.34. The third-order valence-corrected chi connectivity index (χ3v) is 8.55. The molecule has 2 aliphatic carbocycles. The fourth-order valence-corrected chi connectivity index (χ4v) is 7.58. The van der Waals surface area contributed by atoms with E-state index in [1.165, 1.54) is 4.31 Å². The molecule has 1 spiro atoms. The van der Waals surface area contributed by atoms with Crippen LogP contribution in [0.4, 0.5) is 0 Å². The molecule has 21 heavy (non-hydrogen) atoms. The van der Waals surface area contributed by atoms with Gasteiger partial charge in [-0.25, -0.2) is 12.7 Å². The Labute approximate surface area is 127 Å². The number of nitrogens with two attached hydrogens (primary N) is 1. The van der Waals surface area contributed by atoms with E-state index in [0.717, 1.165) is 19.3 Å². The standard InChI is InChI=1S/C15H26N2O3S/c1-9(2)12(16)13(18)17-11-7-10-5-6-15(11,14(10,3)4)8-21(17,19)20/h9-12H,5-8,16H2,1-4H3/t10-,11-,12-,15-/m1/s1. The Morgan fingerprint density at radius 3 is 2.48 bits per heavy atom. The lowest BCUT2D eigenvalue weighted by Crippen LogP contribution is -2.51. The van der Waals surface area contributed by atoms with Gasteiger partial charge in [-0.15, -0.1) is 0 Å². The molecule has 4 atom stereocenters. The molecule has 5 nitrogen and oxygen atoms in total. The summed E-state index contributed by atoms with van der Waals surface area (Å²) in [7, 11) is -3.54. The van der Waals surface area contributed by atoms with Gasteiger partial charge in [0.2, 0.25) is 10.0 Å². The van der Waals surface area contributed by atoms with Crippen LogP contribution in [0.2, 0.25) is 0 Å². The summed E-state index contributed by atoms with van der Waals surface area (Å²) < 4.78 is 26.5. The Hall–Kier alpha value is -0.620. The van der Waals surface area contributed by atoms with Gasteiger partial charge in [0.25, 0.3) is 5.91 Å². The minimum Gasteiger partial charge on any atom is -0.320 e. The number of hydrogen-bond donors (Lipinski definition) is 1. The molecule has 3 aliphatic rings. The lowest BCUT2D eigenvalue weighted by atomic mass is 9.69. The van der Waals surface area contributed by atoms with Gasteiger partial charge >= 0.3 is 0 Å². The summed E-state index contributed by atoms with van der Waals surface area (Å²) in [5, 5.41) is 0. The van der Waals surface area contributed by atoms with Crippen molar-refractivity contribution >= 4 is 15.9 Å². The maximum absolute atomic E-state index is 12.7. The molecular weight excluding hydrogens is 288 g/mol. The molecule has 2 saturated carbocycles. The van der Waals surface area contributed by atoms with Crippen molar-refractivity contribution in [1.82, 2.24) is 4.31 Å². The number of nitrogens with zero attached hydrogens (tertiary/aromatic N) is 1. The predicted molar refractivity (Wildman–Crippen MR) is 80.8 cm³/mol. The molecule has 3 fully saturated rings. The third-order valence-electron chi connectivity index (χ3n) is 6.63. The van der Waals surface area contributed by atoms with Crippen LogP contribution in [-0.4, -0.2) is 36.5 Å². The van der Waals surface area contributed by atoms with E-state index in [9.17, 15) is 13.2 Å². The molecule has 0 radical (unpaired) electrons. The van der Waals surface area contributed by atoms with Crippen molar-refractivity contribution < 1.29 is 13.2 Å². The van der Waals surface area contributed by atoms with E-state index in [0.29, 0.717) is 5.92 Å². The molecule has 0 aromatic carbocycles. The first kappa shape index (κ1) is 15.3. The number of carbonyl (C=O) groups excluding carboxylic acids is 1. The van der Waals surface area contributed by atoms with Crippen LogP contribution in [-0.2, 0) is 14.8 Å². The van der Waals surface area contributed by atoms with Crippen LogP contribution in [0.25, 0.3) is 0 Å². The normalized spacial score (nSPS) is 40.6. The van der Waals surface area contributed by atoms with Gasteiger partial charge in [0.1, 0.15) is 0 Å². The molecule has 1 aliphatic heterocycles. The fraction of sp³-hybridized carbons (Fsp3) is 0.933. The zero-order valence-corrected chi connectivity index (χ0v) is 14.1. The van der Waals surface area contributed by atoms with Crippen molar-refractivity contribution in [3.05, 3.63) is 0 Å². The molecule has 0 aromatic heterocycles. The fourth-order valence-electron chi connectivity index (χ4n) is 5.01. The van der Waals surface area contributed by atoms with E-state index in [4.69, 9.17) is 5.73 Å². The lowest BCUT2D eigenvalue weighted by Gasteiger charge is -2.37. The van der Waals surface area contributed by atoms with Crippen molar-refractivity contribution in [2.24, 2.45) is 28.4 Å². The SMILES string of the molecule is CC(C)[C@@H](N)C(=O)N1[C@@H]2C[C@H]3CC[C@]2(CS1(=O)=O)C3(C)C. The van der Waals surface area contributed by atoms with Gasteiger partial charge in [-0.1, -0.05) is 27.7 Å². The van der Waals surface area contributed by atoms with Crippen LogP contribution in [0, 0.1) is 22.7 Å². The number of amides is 1. The maximum Gasteiger partial charge on any atom is 0.253 e. The van der Waals surface area contributed by atoms with Gasteiger partial charge in [0, 0.05) is 5.41 Å². The molecule has 3 rings (SSSR count). The number of sulfonamides is 1. The van der Waals surface area contributed by atoms with Crippen LogP contribution < -0.4 is 5.73 Å². The minimum atomic E-state index is -3.54. The van der Waals surface area contributed by atoms with Crippen molar-refractivity contribution in [3.8, 4) is 0 Å². The summed E-state index contributed by atoms with van der Waals surface area (Å²) in [6.07, 6.45) is 2.80. The topological polar surface area (TPSA) is 80.5 Å². The van der Waals surface area contributed by atoms with Crippen LogP contribution in [0.15, 0.2) is 0 Å². The summed E-state index contributed by atoms with van der Waals surface area (Å²) in [6.45, 7) is 8.06. The summed E-state index contributed by atoms with van der Waals surface area (Å²) in [4.78, 5) is 12.7. The van der Waals surface area contributed by atoms with Crippen molar-refractivity contribution in [2.45, 2.75) is 59.0 Å². The summed E-state index contributed by atoms with van der Waals surface area (Å²) in [6, 6.07) is -0.911. The first-order valence-corrected chi connectivity index (χ1v) is 9.47. The Bertz CT molecular complexity index is 584. The Balaban J connectivity index is 2.03. The van der Waals surface area contributed by atoms with Crippen molar-refractivity contribution in [2.75, 3.05) is 5.75 Å². The second-order valence-corrected chi connectivity index (χ2v) is 9.87. The zero-order valence-electron chi connectivity index (χ0n) is 13.3. The highest BCUT2D eigenvalue weighted by molar-refractivity contribution is 7.90. The maximum atomic E-state index is 12.7. The van der Waals surface area contributed by atoms with Crippen LogP contribution in [0.5, 0.6) is 0 Å². The van der Waals surface area contributed by atoms with Gasteiger partial charge < -0.3 is 5.73 Å². The number of fused-ring (bicyclic) bond motifs is 1. The van der Waals surface area contributed by atoms with Gasteiger partial charge in [-0.2, -0.15) is 0 Å². The van der Waals surface area contributed by atoms with E-state index >= 15 is 0 Å². The summed E-state index contributed by atoms with van der Waals surface area (Å²) in [5.41, 5.74) is 5.68. The molecule has 1 heterocycles. The van der Waals surface area contributed by atoms with Gasteiger partial charge in [0.15, 0.2) is 0 Å². The number of rotatable bonds is 2. The van der Waals surface area contributed by atoms with Gasteiger partial charge in [0.05, 0.1) is 17.8 Å². The summed E-state index contributed by atoms with van der Waals surface area (Å²) >= 11 is 0. The molecule has 2 bridgehead atoms. The molecule has 1 saturated heterocycles. The largest absolute Gasteiger partial charge is 0.320 e. The van der Waals surface area contributed by atoms with Gasteiger partial charge in [-0.3, -0.25) is 4.79 Å². The zero-order chi connectivity index (χ0) is 15.8. The monoisotopic (exact) mass is 314 g/mol. The van der Waals surface area contributed by atoms with E-state index in [1.807, 2.05) is 13.8 Å². The Morgan fingerprint density at radius 1 is 1.33 bits per heavy atom. The van der Waals surface area contributed by atoms with E-state index in [1.54, 1.807) is 0 Å². The molecule has 120 valence electrons. The summed E-state index contributed by atoms with van der Waals surface area (Å²) in [5.74, 6) is 0.166. The molecule has 6 heteroatoms. The van der Waals surface area contributed by atoms with Gasteiger partial charge in [-0.05, 0) is 36.5 Å². The van der Waals surface area contributed by atoms with Crippen molar-refractivity contribution in [1.29, 1.82) is 0 Å². The average molecular weight is 314 g/mol. The average Bonchev–Trinajstić information content (AvgIpc) is 2.83. The van der Waals surface area contributed by atoms with Crippen LogP contribution >= 0.6 is 0 Å². The van der Waals surface area contributed by atoms with Crippen LogP contribution in [0.1, 0.15) is 47.0 Å². The Morgan fingerprint density at radius 2 is 1.95 bits per heavy atom. The first-order chi connectivity index (χ1) is 9.54. The second-order valence-electron chi connectivity index (χ2n) is 8.03. The smallest absolute Gasteiger partial charge is 0.253 e. The molecule has 1 amide bonds. The number of carbonyl (C=O) groups is 1.